The molecule has 0 spiro atoms. The highest BCUT2D eigenvalue weighted by molar-refractivity contribution is 7.90. The Morgan fingerprint density at radius 2 is 1.72 bits per heavy atom. The van der Waals surface area contributed by atoms with Crippen molar-refractivity contribution in [1.82, 2.24) is 9.78 Å². The second kappa shape index (κ2) is 4.13. The van der Waals surface area contributed by atoms with Crippen LogP contribution in [-0.2, 0) is 16.9 Å². The molecule has 0 saturated carbocycles. The number of nitrogens with zero attached hydrogens (tertiary/aromatic N) is 1. The maximum atomic E-state index is 11.6. The highest BCUT2D eigenvalue weighted by atomic mass is 32.2. The summed E-state index contributed by atoms with van der Waals surface area (Å²) in [7, 11) is -1.55. The first kappa shape index (κ1) is 12.6. The molecule has 1 N–H and O–H groups in total. The number of sulfone groups is 1. The molecule has 2 rings (SSSR count). The largest absolute Gasteiger partial charge is 0.295 e. The van der Waals surface area contributed by atoms with Gasteiger partial charge in [0.15, 0.2) is 9.84 Å². The van der Waals surface area contributed by atoms with E-state index >= 15 is 0 Å². The molecule has 0 atom stereocenters. The predicted octanol–water partition coefficient (Wildman–Crippen LogP) is 1.09. The van der Waals surface area contributed by atoms with Crippen molar-refractivity contribution in [3.8, 4) is 11.3 Å². The molecule has 1 aromatic carbocycles. The Balaban J connectivity index is 2.53. The molecule has 0 aliphatic heterocycles. The van der Waals surface area contributed by atoms with Crippen molar-refractivity contribution in [2.24, 2.45) is 7.05 Å². The van der Waals surface area contributed by atoms with Gasteiger partial charge in [-0.2, -0.15) is 0 Å². The molecule has 18 heavy (non-hydrogen) atoms. The van der Waals surface area contributed by atoms with Crippen LogP contribution in [0.15, 0.2) is 34.0 Å². The number of hydrogen-bond acceptors (Lipinski definition) is 3. The molecule has 0 aliphatic rings. The first-order chi connectivity index (χ1) is 8.30. The Morgan fingerprint density at radius 1 is 1.17 bits per heavy atom. The average Bonchev–Trinajstić information content (AvgIpc) is 2.56. The zero-order chi connectivity index (χ0) is 13.5. The number of benzene rings is 1. The lowest BCUT2D eigenvalue weighted by atomic mass is 10.1. The molecular formula is C12H14N2O3S. The number of aromatic amines is 1. The molecule has 1 aromatic heterocycles. The Morgan fingerprint density at radius 3 is 2.11 bits per heavy atom. The third-order valence-corrected chi connectivity index (χ3v) is 3.98. The fourth-order valence-corrected chi connectivity index (χ4v) is 2.44. The van der Waals surface area contributed by atoms with E-state index in [4.69, 9.17) is 0 Å². The van der Waals surface area contributed by atoms with Gasteiger partial charge in [0, 0.05) is 18.9 Å². The van der Waals surface area contributed by atoms with Crippen LogP contribution in [0.3, 0.4) is 0 Å². The standard InChI is InChI=1S/C12H14N2O3S/c1-8-11(13-14(2)12(8)15)9-4-6-10(7-5-9)18(3,16)17/h4-7,13H,1-3H3. The molecule has 2 aromatic rings. The number of H-pyrrole nitrogens is 1. The second-order valence-electron chi connectivity index (χ2n) is 4.27. The highest BCUT2D eigenvalue weighted by Gasteiger charge is 2.11. The Kier molecular flexibility index (Phi) is 2.90. The summed E-state index contributed by atoms with van der Waals surface area (Å²) in [6, 6.07) is 6.45. The lowest BCUT2D eigenvalue weighted by Gasteiger charge is -2.02. The topological polar surface area (TPSA) is 71.9 Å². The fraction of sp³-hybridized carbons (Fsp3) is 0.250. The fourth-order valence-electron chi connectivity index (χ4n) is 1.81. The van der Waals surface area contributed by atoms with Crippen LogP contribution in [-0.4, -0.2) is 24.5 Å². The number of aryl methyl sites for hydroxylation is 1. The maximum Gasteiger partial charge on any atom is 0.269 e. The summed E-state index contributed by atoms with van der Waals surface area (Å²) in [6.45, 7) is 1.73. The molecule has 0 radical (unpaired) electrons. The van der Waals surface area contributed by atoms with Crippen LogP contribution in [0.2, 0.25) is 0 Å². The molecule has 1 heterocycles. The van der Waals surface area contributed by atoms with E-state index in [9.17, 15) is 13.2 Å². The van der Waals surface area contributed by atoms with E-state index in [1.807, 2.05) is 0 Å². The van der Waals surface area contributed by atoms with E-state index in [0.29, 0.717) is 11.3 Å². The van der Waals surface area contributed by atoms with Crippen molar-refractivity contribution < 1.29 is 8.42 Å². The molecular weight excluding hydrogens is 252 g/mol. The van der Waals surface area contributed by atoms with Gasteiger partial charge in [0.1, 0.15) is 0 Å². The molecule has 0 aliphatic carbocycles. The predicted molar refractivity (Wildman–Crippen MR) is 69.3 cm³/mol. The summed E-state index contributed by atoms with van der Waals surface area (Å²) in [6.07, 6.45) is 1.16. The number of rotatable bonds is 2. The molecule has 0 saturated heterocycles. The SMILES string of the molecule is Cc1c(-c2ccc(S(C)(=O)=O)cc2)[nH]n(C)c1=O. The summed E-state index contributed by atoms with van der Waals surface area (Å²) in [5, 5.41) is 2.94. The Hall–Kier alpha value is -1.82. The normalized spacial score (nSPS) is 11.7. The smallest absolute Gasteiger partial charge is 0.269 e. The zero-order valence-electron chi connectivity index (χ0n) is 10.4. The average molecular weight is 266 g/mol. The third kappa shape index (κ3) is 2.11. The van der Waals surface area contributed by atoms with E-state index in [-0.39, 0.29) is 10.5 Å². The Bertz CT molecular complexity index is 737. The van der Waals surface area contributed by atoms with Gasteiger partial charge in [-0.1, -0.05) is 12.1 Å². The summed E-state index contributed by atoms with van der Waals surface area (Å²) in [4.78, 5) is 11.9. The van der Waals surface area contributed by atoms with E-state index < -0.39 is 9.84 Å². The summed E-state index contributed by atoms with van der Waals surface area (Å²) in [5.74, 6) is 0. The lowest BCUT2D eigenvalue weighted by molar-refractivity contribution is 0.602. The van der Waals surface area contributed by atoms with Gasteiger partial charge in [-0.05, 0) is 24.6 Å². The van der Waals surface area contributed by atoms with Crippen LogP contribution in [0, 0.1) is 6.92 Å². The molecule has 0 fully saturated rings. The second-order valence-corrected chi connectivity index (χ2v) is 6.29. The van der Waals surface area contributed by atoms with Gasteiger partial charge in [0.2, 0.25) is 0 Å². The first-order valence-electron chi connectivity index (χ1n) is 5.37. The quantitative estimate of drug-likeness (QED) is 0.884. The van der Waals surface area contributed by atoms with Crippen molar-refractivity contribution in [3.63, 3.8) is 0 Å². The van der Waals surface area contributed by atoms with E-state index in [0.717, 1.165) is 11.8 Å². The number of aromatic nitrogens is 2. The van der Waals surface area contributed by atoms with E-state index in [1.54, 1.807) is 26.1 Å². The van der Waals surface area contributed by atoms with Crippen molar-refractivity contribution in [1.29, 1.82) is 0 Å². The highest BCUT2D eigenvalue weighted by Crippen LogP contribution is 2.20. The van der Waals surface area contributed by atoms with E-state index in [2.05, 4.69) is 5.10 Å². The van der Waals surface area contributed by atoms with Gasteiger partial charge < -0.3 is 0 Å². The van der Waals surface area contributed by atoms with Gasteiger partial charge in [0.25, 0.3) is 5.56 Å². The summed E-state index contributed by atoms with van der Waals surface area (Å²) >= 11 is 0. The van der Waals surface area contributed by atoms with Crippen molar-refractivity contribution in [3.05, 3.63) is 40.2 Å². The van der Waals surface area contributed by atoms with Crippen LogP contribution in [0.25, 0.3) is 11.3 Å². The van der Waals surface area contributed by atoms with E-state index in [1.165, 1.54) is 16.8 Å². The van der Waals surface area contributed by atoms with Gasteiger partial charge in [-0.3, -0.25) is 14.6 Å². The molecule has 96 valence electrons. The van der Waals surface area contributed by atoms with Crippen LogP contribution in [0.4, 0.5) is 0 Å². The molecule has 0 amide bonds. The summed E-state index contributed by atoms with van der Waals surface area (Å²) < 4.78 is 24.1. The molecule has 6 heteroatoms. The monoisotopic (exact) mass is 266 g/mol. The van der Waals surface area contributed by atoms with Crippen molar-refractivity contribution >= 4 is 9.84 Å². The molecule has 5 nitrogen and oxygen atoms in total. The first-order valence-corrected chi connectivity index (χ1v) is 7.26. The maximum absolute atomic E-state index is 11.6. The molecule has 0 unspecified atom stereocenters. The molecule has 0 bridgehead atoms. The van der Waals surface area contributed by atoms with Crippen LogP contribution >= 0.6 is 0 Å². The van der Waals surface area contributed by atoms with Crippen LogP contribution in [0.5, 0.6) is 0 Å². The minimum atomic E-state index is -3.19. The van der Waals surface area contributed by atoms with Crippen LogP contribution < -0.4 is 5.56 Å². The number of nitrogens with one attached hydrogen (secondary N) is 1. The lowest BCUT2D eigenvalue weighted by Crippen LogP contribution is -2.12. The minimum Gasteiger partial charge on any atom is -0.295 e. The Labute approximate surface area is 105 Å². The zero-order valence-corrected chi connectivity index (χ0v) is 11.2. The van der Waals surface area contributed by atoms with Gasteiger partial charge in [-0.15, -0.1) is 0 Å². The summed E-state index contributed by atoms with van der Waals surface area (Å²) in [5.41, 5.74) is 2.03. The van der Waals surface area contributed by atoms with Crippen LogP contribution in [0.1, 0.15) is 5.56 Å². The third-order valence-electron chi connectivity index (χ3n) is 2.85. The van der Waals surface area contributed by atoms with Gasteiger partial charge in [0.05, 0.1) is 10.6 Å². The minimum absolute atomic E-state index is 0.0859. The van der Waals surface area contributed by atoms with Gasteiger partial charge in [-0.25, -0.2) is 8.42 Å². The van der Waals surface area contributed by atoms with Gasteiger partial charge >= 0.3 is 0 Å². The van der Waals surface area contributed by atoms with Crippen molar-refractivity contribution in [2.45, 2.75) is 11.8 Å². The number of hydrogen-bond donors (Lipinski definition) is 1. The van der Waals surface area contributed by atoms with Crippen molar-refractivity contribution in [2.75, 3.05) is 6.26 Å².